The Kier molecular flexibility index (Phi) is 4.30. The zero-order valence-electron chi connectivity index (χ0n) is 14.6. The molecule has 0 saturated carbocycles. The molecule has 27 heavy (non-hydrogen) atoms. The first-order valence-electron chi connectivity index (χ1n) is 8.52. The van der Waals surface area contributed by atoms with Crippen LogP contribution in [0.4, 0.5) is 10.5 Å². The maximum atomic E-state index is 12.8. The summed E-state index contributed by atoms with van der Waals surface area (Å²) in [4.78, 5) is 30.5. The first-order valence-corrected chi connectivity index (χ1v) is 8.52. The average Bonchev–Trinajstić information content (AvgIpc) is 2.99. The van der Waals surface area contributed by atoms with Crippen molar-refractivity contribution in [2.24, 2.45) is 0 Å². The Morgan fingerprint density at radius 3 is 2.59 bits per heavy atom. The summed E-state index contributed by atoms with van der Waals surface area (Å²) in [5.41, 5.74) is 1.95. The van der Waals surface area contributed by atoms with Crippen molar-refractivity contribution in [2.45, 2.75) is 13.0 Å². The number of hydrogen-bond donors (Lipinski definition) is 1. The molecule has 0 aliphatic carbocycles. The van der Waals surface area contributed by atoms with Gasteiger partial charge in [-0.05, 0) is 42.8 Å². The highest BCUT2D eigenvalue weighted by Crippen LogP contribution is 2.31. The summed E-state index contributed by atoms with van der Waals surface area (Å²) in [6, 6.07) is 18.5. The molecule has 1 aliphatic heterocycles. The molecule has 2 heterocycles. The summed E-state index contributed by atoms with van der Waals surface area (Å²) in [7, 11) is 0. The molecular formula is C21H17N3O3. The molecule has 0 radical (unpaired) electrons. The van der Waals surface area contributed by atoms with E-state index >= 15 is 0 Å². The first-order chi connectivity index (χ1) is 13.1. The van der Waals surface area contributed by atoms with Crippen LogP contribution in [0.5, 0.6) is 11.5 Å². The third-order valence-corrected chi connectivity index (χ3v) is 4.32. The topological polar surface area (TPSA) is 71.5 Å². The van der Waals surface area contributed by atoms with E-state index in [-0.39, 0.29) is 5.91 Å². The van der Waals surface area contributed by atoms with Gasteiger partial charge in [-0.3, -0.25) is 9.78 Å². The predicted octanol–water partition coefficient (Wildman–Crippen LogP) is 3.98. The van der Waals surface area contributed by atoms with Crippen LogP contribution in [0.25, 0.3) is 0 Å². The number of carbonyl (C=O) groups excluding carboxylic acids is 2. The molecule has 2 aromatic carbocycles. The third kappa shape index (κ3) is 3.25. The Labute approximate surface area is 156 Å². The number of imide groups is 1. The number of amides is 3. The van der Waals surface area contributed by atoms with Gasteiger partial charge in [0.05, 0.1) is 11.4 Å². The lowest BCUT2D eigenvalue weighted by molar-refractivity contribution is -0.118. The van der Waals surface area contributed by atoms with E-state index in [1.165, 1.54) is 0 Å². The van der Waals surface area contributed by atoms with Crippen molar-refractivity contribution in [1.29, 1.82) is 0 Å². The molecule has 0 bridgehead atoms. The number of pyridine rings is 1. The number of nitrogens with one attached hydrogen (secondary N) is 1. The SMILES string of the molecule is Cc1ccccc1Oc1cccc(N2C(=O)NC(c3ccccn3)C2=O)c1. The van der Waals surface area contributed by atoms with Crippen molar-refractivity contribution in [3.05, 3.63) is 84.2 Å². The zero-order chi connectivity index (χ0) is 18.8. The van der Waals surface area contributed by atoms with E-state index < -0.39 is 12.1 Å². The Balaban J connectivity index is 1.61. The summed E-state index contributed by atoms with van der Waals surface area (Å²) in [5.74, 6) is 0.897. The molecule has 3 amide bonds. The highest BCUT2D eigenvalue weighted by atomic mass is 16.5. The minimum atomic E-state index is -0.792. The molecule has 1 aliphatic rings. The van der Waals surface area contributed by atoms with E-state index in [2.05, 4.69) is 10.3 Å². The fourth-order valence-corrected chi connectivity index (χ4v) is 2.95. The van der Waals surface area contributed by atoms with Gasteiger partial charge in [-0.25, -0.2) is 9.69 Å². The van der Waals surface area contributed by atoms with Gasteiger partial charge in [-0.2, -0.15) is 0 Å². The number of aromatic nitrogens is 1. The quantitative estimate of drug-likeness (QED) is 0.715. The summed E-state index contributed by atoms with van der Waals surface area (Å²) in [6.45, 7) is 1.95. The monoisotopic (exact) mass is 359 g/mol. The van der Waals surface area contributed by atoms with Crippen molar-refractivity contribution in [2.75, 3.05) is 4.90 Å². The molecule has 6 heteroatoms. The second-order valence-corrected chi connectivity index (χ2v) is 6.18. The van der Waals surface area contributed by atoms with Gasteiger partial charge in [0.1, 0.15) is 11.5 Å². The summed E-state index contributed by atoms with van der Waals surface area (Å²) >= 11 is 0. The average molecular weight is 359 g/mol. The Bertz CT molecular complexity index is 1000. The van der Waals surface area contributed by atoms with Crippen LogP contribution in [-0.2, 0) is 4.79 Å². The van der Waals surface area contributed by atoms with Crippen LogP contribution in [-0.4, -0.2) is 16.9 Å². The highest BCUT2D eigenvalue weighted by molar-refractivity contribution is 6.21. The molecule has 0 spiro atoms. The van der Waals surface area contributed by atoms with Gasteiger partial charge in [0.25, 0.3) is 5.91 Å². The molecule has 1 aromatic heterocycles. The first kappa shape index (κ1) is 16.8. The van der Waals surface area contributed by atoms with Crippen LogP contribution in [0.1, 0.15) is 17.3 Å². The second kappa shape index (κ2) is 6.92. The van der Waals surface area contributed by atoms with Crippen LogP contribution in [0, 0.1) is 6.92 Å². The maximum absolute atomic E-state index is 12.8. The zero-order valence-corrected chi connectivity index (χ0v) is 14.6. The number of anilines is 1. The fraction of sp³-hybridized carbons (Fsp3) is 0.0952. The Hall–Kier alpha value is -3.67. The van der Waals surface area contributed by atoms with E-state index in [0.29, 0.717) is 17.1 Å². The smallest absolute Gasteiger partial charge is 0.329 e. The van der Waals surface area contributed by atoms with Gasteiger partial charge in [-0.15, -0.1) is 0 Å². The fourth-order valence-electron chi connectivity index (χ4n) is 2.95. The molecule has 134 valence electrons. The summed E-state index contributed by atoms with van der Waals surface area (Å²) in [5, 5.41) is 2.68. The maximum Gasteiger partial charge on any atom is 0.329 e. The summed E-state index contributed by atoms with van der Waals surface area (Å²) in [6.07, 6.45) is 1.59. The number of benzene rings is 2. The van der Waals surface area contributed by atoms with E-state index in [4.69, 9.17) is 4.74 Å². The van der Waals surface area contributed by atoms with E-state index in [1.807, 2.05) is 31.2 Å². The predicted molar refractivity (Wildman–Crippen MR) is 101 cm³/mol. The molecule has 1 N–H and O–H groups in total. The Morgan fingerprint density at radius 1 is 1.00 bits per heavy atom. The van der Waals surface area contributed by atoms with Gasteiger partial charge in [-0.1, -0.05) is 30.3 Å². The third-order valence-electron chi connectivity index (χ3n) is 4.32. The standard InChI is InChI=1S/C21H17N3O3/c1-14-7-2-3-11-18(14)27-16-9-6-8-15(13-16)24-20(25)19(23-21(24)26)17-10-4-5-12-22-17/h2-13,19H,1H3,(H,23,26). The summed E-state index contributed by atoms with van der Waals surface area (Å²) < 4.78 is 5.91. The lowest BCUT2D eigenvalue weighted by atomic mass is 10.2. The lowest BCUT2D eigenvalue weighted by Crippen LogP contribution is -2.30. The molecule has 6 nitrogen and oxygen atoms in total. The normalized spacial score (nSPS) is 16.3. The molecule has 1 fully saturated rings. The van der Waals surface area contributed by atoms with Crippen molar-refractivity contribution in [1.82, 2.24) is 10.3 Å². The molecule has 1 saturated heterocycles. The van der Waals surface area contributed by atoms with Crippen LogP contribution >= 0.6 is 0 Å². The number of nitrogens with zero attached hydrogens (tertiary/aromatic N) is 2. The number of aryl methyl sites for hydroxylation is 1. The number of urea groups is 1. The minimum absolute atomic E-state index is 0.369. The van der Waals surface area contributed by atoms with Crippen molar-refractivity contribution < 1.29 is 14.3 Å². The van der Waals surface area contributed by atoms with Gasteiger partial charge in [0.2, 0.25) is 0 Å². The molecule has 4 rings (SSSR count). The highest BCUT2D eigenvalue weighted by Gasteiger charge is 2.40. The van der Waals surface area contributed by atoms with Crippen molar-refractivity contribution >= 4 is 17.6 Å². The lowest BCUT2D eigenvalue weighted by Gasteiger charge is -2.15. The largest absolute Gasteiger partial charge is 0.457 e. The van der Waals surface area contributed by atoms with E-state index in [1.54, 1.807) is 48.7 Å². The second-order valence-electron chi connectivity index (χ2n) is 6.18. The van der Waals surface area contributed by atoms with Crippen LogP contribution < -0.4 is 15.0 Å². The molecule has 1 atom stereocenters. The molecule has 3 aromatic rings. The minimum Gasteiger partial charge on any atom is -0.457 e. The molecular weight excluding hydrogens is 342 g/mol. The van der Waals surface area contributed by atoms with Crippen LogP contribution in [0.3, 0.4) is 0 Å². The number of rotatable bonds is 4. The van der Waals surface area contributed by atoms with Crippen LogP contribution in [0.15, 0.2) is 72.9 Å². The van der Waals surface area contributed by atoms with Gasteiger partial charge < -0.3 is 10.1 Å². The number of ether oxygens (including phenoxy) is 1. The number of para-hydroxylation sites is 1. The Morgan fingerprint density at radius 2 is 1.81 bits per heavy atom. The van der Waals surface area contributed by atoms with Crippen molar-refractivity contribution in [3.8, 4) is 11.5 Å². The number of carbonyl (C=O) groups is 2. The number of hydrogen-bond acceptors (Lipinski definition) is 4. The van der Waals surface area contributed by atoms with E-state index in [9.17, 15) is 9.59 Å². The molecule has 1 unspecified atom stereocenters. The van der Waals surface area contributed by atoms with Gasteiger partial charge in [0.15, 0.2) is 6.04 Å². The van der Waals surface area contributed by atoms with Gasteiger partial charge in [0, 0.05) is 12.3 Å². The van der Waals surface area contributed by atoms with Crippen molar-refractivity contribution in [3.63, 3.8) is 0 Å². The van der Waals surface area contributed by atoms with Gasteiger partial charge >= 0.3 is 6.03 Å². The van der Waals surface area contributed by atoms with E-state index in [0.717, 1.165) is 16.2 Å². The van der Waals surface area contributed by atoms with Crippen LogP contribution in [0.2, 0.25) is 0 Å².